The Labute approximate surface area is 181 Å². The first-order valence-electron chi connectivity index (χ1n) is 11.4. The van der Waals surface area contributed by atoms with Gasteiger partial charge in [0.25, 0.3) is 0 Å². The van der Waals surface area contributed by atoms with Gasteiger partial charge >= 0.3 is 0 Å². The van der Waals surface area contributed by atoms with E-state index >= 15 is 0 Å². The molecule has 1 aliphatic rings. The molecule has 1 unspecified atom stereocenters. The normalized spacial score (nSPS) is 17.8. The summed E-state index contributed by atoms with van der Waals surface area (Å²) in [7, 11) is 0. The number of piperidine rings is 1. The van der Waals surface area contributed by atoms with Gasteiger partial charge in [0.2, 0.25) is 0 Å². The van der Waals surface area contributed by atoms with Crippen LogP contribution in [0.1, 0.15) is 50.6 Å². The fraction of sp³-hybridized carbons (Fsp3) is 0.609. The SMILES string of the molecule is CCNC(=NCc1ccccc1CN1CCCC(C)C1)NCCn1cnnc1CC. The maximum absolute atomic E-state index is 4.85. The predicted molar refractivity (Wildman–Crippen MR) is 122 cm³/mol. The smallest absolute Gasteiger partial charge is 0.191 e. The first-order valence-corrected chi connectivity index (χ1v) is 11.4. The molecule has 1 aliphatic heterocycles. The van der Waals surface area contributed by atoms with Gasteiger partial charge in [-0.25, -0.2) is 4.99 Å². The minimum atomic E-state index is 0.682. The molecule has 7 heteroatoms. The van der Waals surface area contributed by atoms with Crippen molar-refractivity contribution in [3.8, 4) is 0 Å². The summed E-state index contributed by atoms with van der Waals surface area (Å²) < 4.78 is 2.09. The number of hydrogen-bond acceptors (Lipinski definition) is 4. The molecule has 0 aliphatic carbocycles. The lowest BCUT2D eigenvalue weighted by Gasteiger charge is -2.31. The van der Waals surface area contributed by atoms with Crippen LogP contribution in [0.3, 0.4) is 0 Å². The monoisotopic (exact) mass is 411 g/mol. The van der Waals surface area contributed by atoms with E-state index in [0.29, 0.717) is 6.54 Å². The fourth-order valence-electron chi connectivity index (χ4n) is 4.08. The molecule has 1 fully saturated rings. The Kier molecular flexibility index (Phi) is 8.68. The number of hydrogen-bond donors (Lipinski definition) is 2. The van der Waals surface area contributed by atoms with Crippen molar-refractivity contribution in [2.75, 3.05) is 26.2 Å². The second-order valence-corrected chi connectivity index (χ2v) is 8.17. The number of aryl methyl sites for hydroxylation is 1. The molecule has 7 nitrogen and oxygen atoms in total. The van der Waals surface area contributed by atoms with E-state index < -0.39 is 0 Å². The molecule has 1 saturated heterocycles. The molecule has 2 N–H and O–H groups in total. The van der Waals surface area contributed by atoms with Gasteiger partial charge in [0.1, 0.15) is 12.2 Å². The second kappa shape index (κ2) is 11.7. The third-order valence-corrected chi connectivity index (χ3v) is 5.66. The average Bonchev–Trinajstić information content (AvgIpc) is 3.20. The number of guanidine groups is 1. The van der Waals surface area contributed by atoms with E-state index in [1.54, 1.807) is 6.33 Å². The molecule has 0 amide bonds. The summed E-state index contributed by atoms with van der Waals surface area (Å²) >= 11 is 0. The zero-order valence-electron chi connectivity index (χ0n) is 18.8. The van der Waals surface area contributed by atoms with Gasteiger partial charge in [-0.05, 0) is 43.4 Å². The molecule has 0 radical (unpaired) electrons. The van der Waals surface area contributed by atoms with E-state index in [9.17, 15) is 0 Å². The Balaban J connectivity index is 1.58. The van der Waals surface area contributed by atoms with Crippen LogP contribution in [0.5, 0.6) is 0 Å². The van der Waals surface area contributed by atoms with Gasteiger partial charge in [-0.15, -0.1) is 10.2 Å². The zero-order chi connectivity index (χ0) is 21.2. The van der Waals surface area contributed by atoms with Crippen LogP contribution in [0, 0.1) is 5.92 Å². The molecule has 1 aromatic heterocycles. The van der Waals surface area contributed by atoms with Crippen LogP contribution in [0.2, 0.25) is 0 Å². The number of nitrogens with zero attached hydrogens (tertiary/aromatic N) is 5. The summed E-state index contributed by atoms with van der Waals surface area (Å²) in [6, 6.07) is 8.72. The summed E-state index contributed by atoms with van der Waals surface area (Å²) in [5.74, 6) is 2.66. The Morgan fingerprint density at radius 1 is 1.20 bits per heavy atom. The molecule has 2 heterocycles. The Morgan fingerprint density at radius 3 is 2.80 bits per heavy atom. The van der Waals surface area contributed by atoms with Gasteiger partial charge < -0.3 is 15.2 Å². The third-order valence-electron chi connectivity index (χ3n) is 5.66. The van der Waals surface area contributed by atoms with E-state index in [4.69, 9.17) is 4.99 Å². The Bertz CT molecular complexity index is 798. The van der Waals surface area contributed by atoms with Crippen LogP contribution < -0.4 is 10.6 Å². The minimum Gasteiger partial charge on any atom is -0.357 e. The van der Waals surface area contributed by atoms with Crippen molar-refractivity contribution in [3.05, 3.63) is 47.5 Å². The van der Waals surface area contributed by atoms with Gasteiger partial charge in [0.15, 0.2) is 5.96 Å². The van der Waals surface area contributed by atoms with Gasteiger partial charge in [-0.3, -0.25) is 4.90 Å². The molecular formula is C23H37N7. The number of nitrogens with one attached hydrogen (secondary N) is 2. The van der Waals surface area contributed by atoms with Gasteiger partial charge in [0.05, 0.1) is 6.54 Å². The second-order valence-electron chi connectivity index (χ2n) is 8.17. The van der Waals surface area contributed by atoms with Crippen molar-refractivity contribution < 1.29 is 0 Å². The van der Waals surface area contributed by atoms with Crippen LogP contribution in [-0.2, 0) is 26.1 Å². The van der Waals surface area contributed by atoms with Gasteiger partial charge in [0, 0.05) is 39.1 Å². The summed E-state index contributed by atoms with van der Waals surface area (Å²) in [6.45, 7) is 13.1. The molecule has 164 valence electrons. The standard InChI is InChI=1S/C23H37N7/c1-4-22-28-27-18-30(22)14-12-25-23(24-5-2)26-15-20-10-6-7-11-21(20)17-29-13-8-9-19(3)16-29/h6-7,10-11,18-19H,4-5,8-9,12-17H2,1-3H3,(H2,24,25,26). The summed E-state index contributed by atoms with van der Waals surface area (Å²) in [5.41, 5.74) is 2.70. The molecule has 30 heavy (non-hydrogen) atoms. The highest BCUT2D eigenvalue weighted by Gasteiger charge is 2.17. The Morgan fingerprint density at radius 2 is 2.03 bits per heavy atom. The lowest BCUT2D eigenvalue weighted by Crippen LogP contribution is -2.39. The van der Waals surface area contributed by atoms with E-state index in [0.717, 1.165) is 50.3 Å². The van der Waals surface area contributed by atoms with Crippen molar-refractivity contribution >= 4 is 5.96 Å². The van der Waals surface area contributed by atoms with Crippen molar-refractivity contribution in [2.24, 2.45) is 10.9 Å². The van der Waals surface area contributed by atoms with E-state index in [1.807, 2.05) is 0 Å². The summed E-state index contributed by atoms with van der Waals surface area (Å²) in [4.78, 5) is 7.44. The van der Waals surface area contributed by atoms with Crippen LogP contribution in [0.4, 0.5) is 0 Å². The van der Waals surface area contributed by atoms with Gasteiger partial charge in [-0.1, -0.05) is 38.1 Å². The molecule has 0 spiro atoms. The van der Waals surface area contributed by atoms with Crippen LogP contribution in [0.15, 0.2) is 35.6 Å². The number of aliphatic imine (C=N–C) groups is 1. The average molecular weight is 412 g/mol. The fourth-order valence-corrected chi connectivity index (χ4v) is 4.08. The van der Waals surface area contributed by atoms with E-state index in [-0.39, 0.29) is 0 Å². The van der Waals surface area contributed by atoms with Crippen molar-refractivity contribution in [2.45, 2.75) is 59.7 Å². The molecule has 1 aromatic carbocycles. The molecule has 2 aromatic rings. The van der Waals surface area contributed by atoms with Gasteiger partial charge in [-0.2, -0.15) is 0 Å². The van der Waals surface area contributed by atoms with E-state index in [2.05, 4.69) is 75.3 Å². The summed E-state index contributed by atoms with van der Waals surface area (Å²) in [6.07, 6.45) is 5.35. The van der Waals surface area contributed by atoms with Crippen LogP contribution in [-0.4, -0.2) is 51.8 Å². The number of aromatic nitrogens is 3. The predicted octanol–water partition coefficient (Wildman–Crippen LogP) is 2.83. The summed E-state index contributed by atoms with van der Waals surface area (Å²) in [5, 5.41) is 14.9. The van der Waals surface area contributed by atoms with Crippen LogP contribution in [0.25, 0.3) is 0 Å². The highest BCUT2D eigenvalue weighted by Crippen LogP contribution is 2.20. The number of likely N-dealkylation sites (tertiary alicyclic amines) is 1. The lowest BCUT2D eigenvalue weighted by atomic mass is 9.99. The van der Waals surface area contributed by atoms with Crippen LogP contribution >= 0.6 is 0 Å². The molecule has 3 rings (SSSR count). The quantitative estimate of drug-likeness (QED) is 0.490. The third kappa shape index (κ3) is 6.55. The van der Waals surface area contributed by atoms with Crippen molar-refractivity contribution in [3.63, 3.8) is 0 Å². The maximum Gasteiger partial charge on any atom is 0.191 e. The highest BCUT2D eigenvalue weighted by atomic mass is 15.3. The largest absolute Gasteiger partial charge is 0.357 e. The Hall–Kier alpha value is -2.41. The first-order chi connectivity index (χ1) is 14.7. The maximum atomic E-state index is 4.85. The topological polar surface area (TPSA) is 70.4 Å². The van der Waals surface area contributed by atoms with Crippen molar-refractivity contribution in [1.29, 1.82) is 0 Å². The highest BCUT2D eigenvalue weighted by molar-refractivity contribution is 5.79. The first kappa shape index (κ1) is 22.3. The lowest BCUT2D eigenvalue weighted by molar-refractivity contribution is 0.176. The van der Waals surface area contributed by atoms with E-state index in [1.165, 1.54) is 37.1 Å². The minimum absolute atomic E-state index is 0.682. The molecule has 0 bridgehead atoms. The van der Waals surface area contributed by atoms with Crippen molar-refractivity contribution in [1.82, 2.24) is 30.3 Å². The number of benzene rings is 1. The molecule has 1 atom stereocenters. The zero-order valence-corrected chi connectivity index (χ0v) is 18.8. The molecular weight excluding hydrogens is 374 g/mol. The number of rotatable bonds is 9. The molecule has 0 saturated carbocycles.